The minimum Gasteiger partial charge on any atom is -0.394 e. The number of hydrogen-bond acceptors (Lipinski definition) is 1. The molecular formula is C12H7ClF3N. The number of hydrogen-bond donors (Lipinski definition) is 1. The molecule has 0 aliphatic heterocycles. The van der Waals surface area contributed by atoms with Crippen molar-refractivity contribution in [2.75, 3.05) is 5.73 Å². The lowest BCUT2D eigenvalue weighted by molar-refractivity contribution is 0.590. The Bertz CT molecular complexity index is 584. The van der Waals surface area contributed by atoms with Crippen molar-refractivity contribution >= 4 is 17.3 Å². The molecule has 0 atom stereocenters. The van der Waals surface area contributed by atoms with Gasteiger partial charge in [0.2, 0.25) is 0 Å². The number of nitrogens with two attached hydrogens (primary N) is 1. The third-order valence-corrected chi connectivity index (χ3v) is 2.58. The number of benzene rings is 2. The van der Waals surface area contributed by atoms with Gasteiger partial charge in [-0.1, -0.05) is 11.6 Å². The van der Waals surface area contributed by atoms with Gasteiger partial charge in [0.1, 0.15) is 17.3 Å². The van der Waals surface area contributed by atoms with Gasteiger partial charge in [-0.05, 0) is 30.3 Å². The Hall–Kier alpha value is -1.68. The summed E-state index contributed by atoms with van der Waals surface area (Å²) in [7, 11) is 0. The number of rotatable bonds is 1. The van der Waals surface area contributed by atoms with Gasteiger partial charge < -0.3 is 5.73 Å². The minimum absolute atomic E-state index is 0.0540. The van der Waals surface area contributed by atoms with Crippen LogP contribution in [0.2, 0.25) is 5.02 Å². The lowest BCUT2D eigenvalue weighted by Crippen LogP contribution is -1.98. The maximum atomic E-state index is 13.7. The van der Waals surface area contributed by atoms with E-state index in [0.717, 1.165) is 18.2 Å². The van der Waals surface area contributed by atoms with E-state index >= 15 is 0 Å². The van der Waals surface area contributed by atoms with Crippen LogP contribution in [-0.4, -0.2) is 0 Å². The Morgan fingerprint density at radius 1 is 0.882 bits per heavy atom. The maximum Gasteiger partial charge on any atom is 0.157 e. The van der Waals surface area contributed by atoms with E-state index in [-0.39, 0.29) is 16.1 Å². The molecule has 0 aliphatic carbocycles. The molecule has 17 heavy (non-hydrogen) atoms. The van der Waals surface area contributed by atoms with Crippen molar-refractivity contribution in [3.05, 3.63) is 52.8 Å². The van der Waals surface area contributed by atoms with E-state index in [1.54, 1.807) is 0 Å². The predicted molar refractivity (Wildman–Crippen MR) is 61.2 cm³/mol. The quantitative estimate of drug-likeness (QED) is 0.768. The van der Waals surface area contributed by atoms with Crippen LogP contribution in [0.5, 0.6) is 0 Å². The molecule has 0 spiro atoms. The van der Waals surface area contributed by atoms with Gasteiger partial charge in [0.05, 0.1) is 0 Å². The lowest BCUT2D eigenvalue weighted by Gasteiger charge is -2.08. The zero-order valence-electron chi connectivity index (χ0n) is 8.48. The van der Waals surface area contributed by atoms with Gasteiger partial charge in [-0.2, -0.15) is 0 Å². The van der Waals surface area contributed by atoms with Crippen molar-refractivity contribution in [2.45, 2.75) is 0 Å². The summed E-state index contributed by atoms with van der Waals surface area (Å²) in [4.78, 5) is 0. The summed E-state index contributed by atoms with van der Waals surface area (Å²) in [6.45, 7) is 0. The first-order valence-corrected chi connectivity index (χ1v) is 5.07. The van der Waals surface area contributed by atoms with Crippen LogP contribution >= 0.6 is 11.6 Å². The Balaban J connectivity index is 2.69. The summed E-state index contributed by atoms with van der Waals surface area (Å²) in [6.07, 6.45) is 0. The fraction of sp³-hybridized carbons (Fsp3) is 0. The first-order valence-electron chi connectivity index (χ1n) is 4.69. The largest absolute Gasteiger partial charge is 0.394 e. The highest BCUT2D eigenvalue weighted by Gasteiger charge is 2.15. The highest BCUT2D eigenvalue weighted by Crippen LogP contribution is 2.31. The van der Waals surface area contributed by atoms with E-state index in [1.165, 1.54) is 12.1 Å². The molecule has 2 rings (SSSR count). The topological polar surface area (TPSA) is 26.0 Å². The van der Waals surface area contributed by atoms with Gasteiger partial charge >= 0.3 is 0 Å². The fourth-order valence-corrected chi connectivity index (χ4v) is 1.65. The SMILES string of the molecule is Nc1c(F)ccc(-c2cc(Cl)ccc2F)c1F. The van der Waals surface area contributed by atoms with Crippen molar-refractivity contribution in [1.29, 1.82) is 0 Å². The van der Waals surface area contributed by atoms with Gasteiger partial charge in [-0.3, -0.25) is 0 Å². The van der Waals surface area contributed by atoms with Crippen molar-refractivity contribution in [3.8, 4) is 11.1 Å². The second kappa shape index (κ2) is 4.30. The minimum atomic E-state index is -0.994. The number of nitrogen functional groups attached to an aromatic ring is 1. The third-order valence-electron chi connectivity index (χ3n) is 2.35. The summed E-state index contributed by atoms with van der Waals surface area (Å²) >= 11 is 5.70. The maximum absolute atomic E-state index is 13.7. The second-order valence-electron chi connectivity index (χ2n) is 3.45. The molecule has 0 saturated heterocycles. The van der Waals surface area contributed by atoms with Crippen LogP contribution in [0.3, 0.4) is 0 Å². The Morgan fingerprint density at radius 3 is 2.24 bits per heavy atom. The number of halogens is 4. The average Bonchev–Trinajstić information content (AvgIpc) is 2.30. The molecule has 2 aromatic rings. The van der Waals surface area contributed by atoms with Crippen LogP contribution in [-0.2, 0) is 0 Å². The molecular weight excluding hydrogens is 251 g/mol. The summed E-state index contributed by atoms with van der Waals surface area (Å²) in [5.74, 6) is -2.53. The van der Waals surface area contributed by atoms with Crippen LogP contribution in [0.25, 0.3) is 11.1 Å². The smallest absolute Gasteiger partial charge is 0.157 e. The van der Waals surface area contributed by atoms with Gasteiger partial charge in [-0.15, -0.1) is 0 Å². The van der Waals surface area contributed by atoms with Crippen molar-refractivity contribution < 1.29 is 13.2 Å². The van der Waals surface area contributed by atoms with E-state index in [2.05, 4.69) is 0 Å². The summed E-state index contributed by atoms with van der Waals surface area (Å²) < 4.78 is 40.2. The van der Waals surface area contributed by atoms with E-state index in [0.29, 0.717) is 0 Å². The zero-order chi connectivity index (χ0) is 12.6. The number of anilines is 1. The van der Waals surface area contributed by atoms with Gasteiger partial charge in [0.15, 0.2) is 5.82 Å². The summed E-state index contributed by atoms with van der Waals surface area (Å²) in [6, 6.07) is 5.80. The normalized spacial score (nSPS) is 10.6. The Kier molecular flexibility index (Phi) is 2.98. The van der Waals surface area contributed by atoms with Crippen molar-refractivity contribution in [2.24, 2.45) is 0 Å². The Labute approximate surface area is 101 Å². The molecule has 0 amide bonds. The van der Waals surface area contributed by atoms with Gasteiger partial charge in [0, 0.05) is 16.1 Å². The molecule has 5 heteroatoms. The van der Waals surface area contributed by atoms with E-state index in [1.807, 2.05) is 0 Å². The van der Waals surface area contributed by atoms with E-state index in [9.17, 15) is 13.2 Å². The van der Waals surface area contributed by atoms with E-state index < -0.39 is 23.1 Å². The molecule has 1 nitrogen and oxygen atoms in total. The molecule has 0 bridgehead atoms. The van der Waals surface area contributed by atoms with Crippen LogP contribution < -0.4 is 5.73 Å². The third kappa shape index (κ3) is 2.08. The molecule has 0 aliphatic rings. The van der Waals surface area contributed by atoms with Crippen molar-refractivity contribution in [3.63, 3.8) is 0 Å². The van der Waals surface area contributed by atoms with Crippen LogP contribution in [0.15, 0.2) is 30.3 Å². The standard InChI is InChI=1S/C12H7ClF3N/c13-6-1-3-9(14)8(5-6)7-2-4-10(15)12(17)11(7)16/h1-5H,17H2. The fourth-order valence-electron chi connectivity index (χ4n) is 1.48. The molecule has 0 unspecified atom stereocenters. The van der Waals surface area contributed by atoms with E-state index in [4.69, 9.17) is 17.3 Å². The van der Waals surface area contributed by atoms with Gasteiger partial charge in [-0.25, -0.2) is 13.2 Å². The Morgan fingerprint density at radius 2 is 1.53 bits per heavy atom. The summed E-state index contributed by atoms with van der Waals surface area (Å²) in [5.41, 5.74) is 4.39. The highest BCUT2D eigenvalue weighted by molar-refractivity contribution is 6.30. The first-order chi connectivity index (χ1) is 8.00. The lowest BCUT2D eigenvalue weighted by atomic mass is 10.0. The van der Waals surface area contributed by atoms with Crippen molar-refractivity contribution in [1.82, 2.24) is 0 Å². The monoisotopic (exact) mass is 257 g/mol. The highest BCUT2D eigenvalue weighted by atomic mass is 35.5. The molecule has 2 N–H and O–H groups in total. The molecule has 0 saturated carbocycles. The summed E-state index contributed by atoms with van der Waals surface area (Å²) in [5, 5.41) is 0.253. The van der Waals surface area contributed by atoms with Gasteiger partial charge in [0.25, 0.3) is 0 Å². The first kappa shape index (κ1) is 11.8. The molecule has 88 valence electrons. The van der Waals surface area contributed by atoms with Crippen LogP contribution in [0, 0.1) is 17.5 Å². The molecule has 2 aromatic carbocycles. The molecule has 0 radical (unpaired) electrons. The predicted octanol–water partition coefficient (Wildman–Crippen LogP) is 4.01. The molecule has 0 aromatic heterocycles. The molecule has 0 fully saturated rings. The molecule has 0 heterocycles. The van der Waals surface area contributed by atoms with Crippen LogP contribution in [0.4, 0.5) is 18.9 Å². The zero-order valence-corrected chi connectivity index (χ0v) is 9.23. The average molecular weight is 258 g/mol. The second-order valence-corrected chi connectivity index (χ2v) is 3.88. The van der Waals surface area contributed by atoms with Crippen LogP contribution in [0.1, 0.15) is 0 Å².